The molecule has 0 aromatic carbocycles. The number of hydrogen-bond donors (Lipinski definition) is 2. The predicted molar refractivity (Wildman–Crippen MR) is 61.0 cm³/mol. The van der Waals surface area contributed by atoms with Crippen molar-refractivity contribution in [2.24, 2.45) is 5.92 Å². The first-order valence-electron chi connectivity index (χ1n) is 5.85. The van der Waals surface area contributed by atoms with Crippen LogP contribution in [0.1, 0.15) is 32.4 Å². The van der Waals surface area contributed by atoms with Crippen LogP contribution in [-0.4, -0.2) is 32.6 Å². The summed E-state index contributed by atoms with van der Waals surface area (Å²) in [6, 6.07) is 0. The second-order valence-electron chi connectivity index (χ2n) is 5.11. The van der Waals surface area contributed by atoms with E-state index in [1.165, 1.54) is 17.5 Å². The average molecular weight is 238 g/mol. The molecule has 0 saturated heterocycles. The third-order valence-corrected chi connectivity index (χ3v) is 2.76. The number of carbonyl (C=O) groups is 1. The lowest BCUT2D eigenvalue weighted by molar-refractivity contribution is -0.121. The van der Waals surface area contributed by atoms with E-state index in [0.717, 1.165) is 6.54 Å². The van der Waals surface area contributed by atoms with Crippen molar-refractivity contribution in [3.05, 3.63) is 11.9 Å². The van der Waals surface area contributed by atoms with Crippen LogP contribution in [0.3, 0.4) is 0 Å². The van der Waals surface area contributed by atoms with Crippen LogP contribution in [0.25, 0.3) is 0 Å². The minimum Gasteiger partial charge on any atom is -0.384 e. The number of amides is 1. The van der Waals surface area contributed by atoms with Crippen LogP contribution in [0.2, 0.25) is 0 Å². The van der Waals surface area contributed by atoms with Crippen LogP contribution in [0.5, 0.6) is 0 Å². The zero-order valence-corrected chi connectivity index (χ0v) is 10.2. The first kappa shape index (κ1) is 12.0. The van der Waals surface area contributed by atoms with Crippen molar-refractivity contribution in [2.45, 2.75) is 38.8 Å². The third-order valence-electron chi connectivity index (χ3n) is 2.76. The van der Waals surface area contributed by atoms with Gasteiger partial charge in [0.15, 0.2) is 0 Å². The Balaban J connectivity index is 1.85. The lowest BCUT2D eigenvalue weighted by atomic mass is 10.1. The van der Waals surface area contributed by atoms with E-state index in [4.69, 9.17) is 0 Å². The van der Waals surface area contributed by atoms with Gasteiger partial charge in [-0.1, -0.05) is 5.21 Å². The molecule has 1 heterocycles. The molecule has 1 fully saturated rings. The highest BCUT2D eigenvalue weighted by molar-refractivity contribution is 5.75. The lowest BCUT2D eigenvalue weighted by Crippen LogP contribution is -2.29. The molecule has 0 unspecified atom stereocenters. The Bertz CT molecular complexity index is 404. The van der Waals surface area contributed by atoms with Crippen LogP contribution in [0.4, 0.5) is 0 Å². The van der Waals surface area contributed by atoms with E-state index >= 15 is 0 Å². The normalized spacial score (nSPS) is 15.9. The molecule has 17 heavy (non-hydrogen) atoms. The van der Waals surface area contributed by atoms with Gasteiger partial charge in [0.05, 0.1) is 6.20 Å². The van der Waals surface area contributed by atoms with Gasteiger partial charge in [-0.15, -0.1) is 5.10 Å². The molecule has 0 atom stereocenters. The molecule has 0 bridgehead atoms. The van der Waals surface area contributed by atoms with E-state index < -0.39 is 5.60 Å². The van der Waals surface area contributed by atoms with Gasteiger partial charge in [0.25, 0.3) is 0 Å². The molecule has 1 aromatic rings. The Labute approximate surface area is 100 Å². The molecule has 1 amide bonds. The van der Waals surface area contributed by atoms with Crippen LogP contribution >= 0.6 is 0 Å². The molecule has 94 valence electrons. The Hall–Kier alpha value is -1.43. The minimum atomic E-state index is -1.03. The summed E-state index contributed by atoms with van der Waals surface area (Å²) in [5, 5.41) is 20.2. The fraction of sp³-hybridized carbons (Fsp3) is 0.727. The fourth-order valence-electron chi connectivity index (χ4n) is 1.44. The van der Waals surface area contributed by atoms with Crippen LogP contribution in [0, 0.1) is 5.92 Å². The standard InChI is InChI=1S/C11H18N4O2/c1-11(2,17)9-6-15(14-13-9)7-10(16)12-5-8-3-4-8/h6,8,17H,3-5,7H2,1-2H3,(H,12,16). The lowest BCUT2D eigenvalue weighted by Gasteiger charge is -2.11. The molecule has 2 N–H and O–H groups in total. The molecule has 0 spiro atoms. The summed E-state index contributed by atoms with van der Waals surface area (Å²) in [5.41, 5.74) is -0.560. The highest BCUT2D eigenvalue weighted by Crippen LogP contribution is 2.27. The van der Waals surface area contributed by atoms with Crippen molar-refractivity contribution in [2.75, 3.05) is 6.54 Å². The molecule has 6 nitrogen and oxygen atoms in total. The fourth-order valence-corrected chi connectivity index (χ4v) is 1.44. The molecule has 6 heteroatoms. The second kappa shape index (κ2) is 4.44. The second-order valence-corrected chi connectivity index (χ2v) is 5.11. The number of nitrogens with zero attached hydrogens (tertiary/aromatic N) is 3. The number of rotatable bonds is 5. The zero-order chi connectivity index (χ0) is 12.5. The molecule has 0 radical (unpaired) electrons. The van der Waals surface area contributed by atoms with Gasteiger partial charge in [-0.3, -0.25) is 4.79 Å². The summed E-state index contributed by atoms with van der Waals surface area (Å²) in [6.45, 7) is 4.17. The quantitative estimate of drug-likeness (QED) is 0.758. The Kier molecular flexibility index (Phi) is 3.15. The average Bonchev–Trinajstić information content (AvgIpc) is 2.93. The minimum absolute atomic E-state index is 0.0657. The molecule has 0 aliphatic heterocycles. The summed E-state index contributed by atoms with van der Waals surface area (Å²) in [7, 11) is 0. The van der Waals surface area contributed by atoms with Crippen molar-refractivity contribution >= 4 is 5.91 Å². The summed E-state index contributed by atoms with van der Waals surface area (Å²) in [5.74, 6) is 0.603. The molecule has 1 aliphatic rings. The van der Waals surface area contributed by atoms with Crippen molar-refractivity contribution in [3.63, 3.8) is 0 Å². The first-order valence-corrected chi connectivity index (χ1v) is 5.85. The zero-order valence-electron chi connectivity index (χ0n) is 10.2. The van der Waals surface area contributed by atoms with E-state index in [0.29, 0.717) is 11.6 Å². The SMILES string of the molecule is CC(C)(O)c1cn(CC(=O)NCC2CC2)nn1. The van der Waals surface area contributed by atoms with Gasteiger partial charge in [-0.2, -0.15) is 0 Å². The van der Waals surface area contributed by atoms with Crippen molar-refractivity contribution in [3.8, 4) is 0 Å². The molecular formula is C11H18N4O2. The van der Waals surface area contributed by atoms with E-state index in [2.05, 4.69) is 15.6 Å². The largest absolute Gasteiger partial charge is 0.384 e. The maximum absolute atomic E-state index is 11.5. The van der Waals surface area contributed by atoms with Crippen molar-refractivity contribution in [1.82, 2.24) is 20.3 Å². The molecular weight excluding hydrogens is 220 g/mol. The van der Waals surface area contributed by atoms with E-state index in [1.807, 2.05) is 0 Å². The van der Waals surface area contributed by atoms with Crippen LogP contribution in [0.15, 0.2) is 6.20 Å². The summed E-state index contributed by atoms with van der Waals surface area (Å²) in [6.07, 6.45) is 4.02. The Morgan fingerprint density at radius 3 is 2.88 bits per heavy atom. The Morgan fingerprint density at radius 2 is 2.35 bits per heavy atom. The molecule has 1 aromatic heterocycles. The van der Waals surface area contributed by atoms with Crippen molar-refractivity contribution in [1.29, 1.82) is 0 Å². The summed E-state index contributed by atoms with van der Waals surface area (Å²) < 4.78 is 1.44. The summed E-state index contributed by atoms with van der Waals surface area (Å²) >= 11 is 0. The van der Waals surface area contributed by atoms with Gasteiger partial charge in [0, 0.05) is 6.54 Å². The van der Waals surface area contributed by atoms with E-state index in [-0.39, 0.29) is 12.5 Å². The number of nitrogens with one attached hydrogen (secondary N) is 1. The number of hydrogen-bond acceptors (Lipinski definition) is 4. The van der Waals surface area contributed by atoms with Gasteiger partial charge < -0.3 is 10.4 Å². The monoisotopic (exact) mass is 238 g/mol. The van der Waals surface area contributed by atoms with Crippen LogP contribution < -0.4 is 5.32 Å². The van der Waals surface area contributed by atoms with Gasteiger partial charge in [0.1, 0.15) is 17.8 Å². The predicted octanol–water partition coefficient (Wildman–Crippen LogP) is 0.0317. The smallest absolute Gasteiger partial charge is 0.241 e. The Morgan fingerprint density at radius 1 is 1.65 bits per heavy atom. The number of aromatic nitrogens is 3. The first-order chi connectivity index (χ1) is 7.95. The molecule has 2 rings (SSSR count). The molecule has 1 aliphatic carbocycles. The van der Waals surface area contributed by atoms with Gasteiger partial charge in [-0.05, 0) is 32.6 Å². The van der Waals surface area contributed by atoms with E-state index in [1.54, 1.807) is 20.0 Å². The maximum Gasteiger partial charge on any atom is 0.241 e. The van der Waals surface area contributed by atoms with Crippen LogP contribution in [-0.2, 0) is 16.9 Å². The molecule has 1 saturated carbocycles. The highest BCUT2D eigenvalue weighted by atomic mass is 16.3. The summed E-state index contributed by atoms with van der Waals surface area (Å²) in [4.78, 5) is 11.5. The number of carbonyl (C=O) groups excluding carboxylic acids is 1. The third kappa shape index (κ3) is 3.52. The van der Waals surface area contributed by atoms with Gasteiger partial charge in [0.2, 0.25) is 5.91 Å². The topological polar surface area (TPSA) is 80.0 Å². The maximum atomic E-state index is 11.5. The van der Waals surface area contributed by atoms with Crippen molar-refractivity contribution < 1.29 is 9.90 Å². The van der Waals surface area contributed by atoms with E-state index in [9.17, 15) is 9.90 Å². The highest BCUT2D eigenvalue weighted by Gasteiger charge is 2.22. The van der Waals surface area contributed by atoms with Gasteiger partial charge >= 0.3 is 0 Å². The number of aliphatic hydroxyl groups is 1. The van der Waals surface area contributed by atoms with Gasteiger partial charge in [-0.25, -0.2) is 4.68 Å².